The number of hydrazine groups is 1. The molecule has 3 rings (SSSR count). The van der Waals surface area contributed by atoms with E-state index in [1.165, 1.54) is 0 Å². The third-order valence-corrected chi connectivity index (χ3v) is 5.55. The first kappa shape index (κ1) is 33.0. The summed E-state index contributed by atoms with van der Waals surface area (Å²) < 4.78 is 26.8. The topological polar surface area (TPSA) is 139 Å². The number of nitrogen functional groups attached to an aromatic ring is 1. The number of urea groups is 1. The second-order valence-corrected chi connectivity index (χ2v) is 8.86. The zero-order valence-electron chi connectivity index (χ0n) is 23.5. The van der Waals surface area contributed by atoms with Gasteiger partial charge in [-0.05, 0) is 49.4 Å². The van der Waals surface area contributed by atoms with Crippen LogP contribution in [0.1, 0.15) is 53.0 Å². The van der Waals surface area contributed by atoms with Gasteiger partial charge in [0.05, 0.1) is 12.1 Å². The molecule has 1 aromatic carbocycles. The highest BCUT2D eigenvalue weighted by atomic mass is 19.2. The third kappa shape index (κ3) is 10.4. The highest BCUT2D eigenvalue weighted by Gasteiger charge is 2.19. The Bertz CT molecular complexity index is 1140. The Morgan fingerprint density at radius 1 is 1.23 bits per heavy atom. The lowest BCUT2D eigenvalue weighted by Crippen LogP contribution is -2.40. The van der Waals surface area contributed by atoms with Gasteiger partial charge >= 0.3 is 6.03 Å². The molecule has 11 heteroatoms. The number of benzene rings is 1. The van der Waals surface area contributed by atoms with Gasteiger partial charge in [-0.25, -0.2) is 24.4 Å². The molecular formula is C28H42F2N8O. The van der Waals surface area contributed by atoms with E-state index in [9.17, 15) is 13.6 Å². The van der Waals surface area contributed by atoms with Crippen molar-refractivity contribution in [2.45, 2.75) is 47.5 Å². The molecule has 0 aliphatic carbocycles. The molecule has 9 nitrogen and oxygen atoms in total. The van der Waals surface area contributed by atoms with Crippen molar-refractivity contribution in [1.82, 2.24) is 14.9 Å². The molecule has 0 bridgehead atoms. The number of amides is 2. The molecule has 1 aromatic heterocycles. The second kappa shape index (κ2) is 16.8. The number of hydrazone groups is 1. The average Bonchev–Trinajstić information content (AvgIpc) is 3.47. The maximum absolute atomic E-state index is 13.7. The van der Waals surface area contributed by atoms with E-state index in [1.54, 1.807) is 35.4 Å². The number of amidine groups is 1. The molecule has 2 aromatic rings. The highest BCUT2D eigenvalue weighted by Crippen LogP contribution is 2.26. The Labute approximate surface area is 230 Å². The Morgan fingerprint density at radius 2 is 1.85 bits per heavy atom. The van der Waals surface area contributed by atoms with Gasteiger partial charge in [-0.15, -0.1) is 6.58 Å². The molecule has 1 saturated heterocycles. The second-order valence-electron chi connectivity index (χ2n) is 8.86. The minimum Gasteiger partial charge on any atom is -0.383 e. The molecule has 1 aliphatic rings. The number of nitrogens with one attached hydrogen (secondary N) is 1. The summed E-state index contributed by atoms with van der Waals surface area (Å²) in [6.07, 6.45) is 5.46. The first-order valence-electron chi connectivity index (χ1n) is 12.9. The largest absolute Gasteiger partial charge is 0.383 e. The fraction of sp³-hybridized carbons (Fsp3) is 0.393. The number of allylic oxidation sites excluding steroid dienone is 2. The number of carbonyl (C=O) groups excluding carboxylic acids is 1. The molecule has 2 amide bonds. The van der Waals surface area contributed by atoms with Gasteiger partial charge in [-0.1, -0.05) is 45.9 Å². The van der Waals surface area contributed by atoms with Crippen LogP contribution in [0.2, 0.25) is 0 Å². The molecule has 0 spiro atoms. The first-order chi connectivity index (χ1) is 18.6. The number of likely N-dealkylation sites (tertiary alicyclic amines) is 1. The summed E-state index contributed by atoms with van der Waals surface area (Å²) in [7, 11) is 0. The lowest BCUT2D eigenvalue weighted by Gasteiger charge is -2.20. The number of pyridine rings is 1. The van der Waals surface area contributed by atoms with E-state index in [4.69, 9.17) is 17.4 Å². The SMILES string of the molecule is C/C(F)=C(/F)CN(N)/C(=N\N)c1cc(-c2cccc(NC(=O)N3CCCC3)c2)cnc1N.C=CC(C)C.CC. The van der Waals surface area contributed by atoms with Crippen LogP contribution >= 0.6 is 0 Å². The minimum absolute atomic E-state index is 0.0632. The van der Waals surface area contributed by atoms with Crippen LogP contribution in [-0.4, -0.2) is 46.4 Å². The number of nitrogens with two attached hydrogens (primary N) is 3. The van der Waals surface area contributed by atoms with Crippen molar-refractivity contribution in [1.29, 1.82) is 0 Å². The fourth-order valence-corrected chi connectivity index (χ4v) is 3.34. The van der Waals surface area contributed by atoms with Gasteiger partial charge in [-0.2, -0.15) is 5.10 Å². The number of nitrogens with zero attached hydrogens (tertiary/aromatic N) is 4. The summed E-state index contributed by atoms with van der Waals surface area (Å²) in [5, 5.41) is 7.33. The maximum atomic E-state index is 13.7. The molecule has 0 atom stereocenters. The maximum Gasteiger partial charge on any atom is 0.321 e. The number of hydrogen-bond acceptors (Lipinski definition) is 6. The van der Waals surface area contributed by atoms with E-state index in [0.29, 0.717) is 17.2 Å². The normalized spacial score (nSPS) is 13.5. The predicted octanol–water partition coefficient (Wildman–Crippen LogP) is 5.78. The quantitative estimate of drug-likeness (QED) is 0.120. The van der Waals surface area contributed by atoms with Gasteiger partial charge in [0.1, 0.15) is 11.6 Å². The lowest BCUT2D eigenvalue weighted by atomic mass is 10.0. The van der Waals surface area contributed by atoms with Gasteiger partial charge in [0.15, 0.2) is 11.7 Å². The van der Waals surface area contributed by atoms with E-state index >= 15 is 0 Å². The zero-order valence-corrected chi connectivity index (χ0v) is 23.5. The molecule has 39 heavy (non-hydrogen) atoms. The summed E-state index contributed by atoms with van der Waals surface area (Å²) in [6.45, 7) is 13.6. The van der Waals surface area contributed by atoms with Crippen LogP contribution in [-0.2, 0) is 0 Å². The van der Waals surface area contributed by atoms with Crippen LogP contribution in [0.4, 0.5) is 25.1 Å². The fourth-order valence-electron chi connectivity index (χ4n) is 3.34. The number of carbonyl (C=O) groups is 1. The molecular weight excluding hydrogens is 502 g/mol. The Kier molecular flexibility index (Phi) is 14.2. The Hall–Kier alpha value is -3.99. The van der Waals surface area contributed by atoms with Crippen molar-refractivity contribution in [2.24, 2.45) is 22.7 Å². The van der Waals surface area contributed by atoms with Crippen molar-refractivity contribution < 1.29 is 13.6 Å². The van der Waals surface area contributed by atoms with Crippen molar-refractivity contribution in [2.75, 3.05) is 30.7 Å². The van der Waals surface area contributed by atoms with E-state index in [0.717, 1.165) is 43.4 Å². The van der Waals surface area contributed by atoms with Gasteiger partial charge in [0, 0.05) is 30.5 Å². The van der Waals surface area contributed by atoms with Gasteiger partial charge < -0.3 is 21.8 Å². The lowest BCUT2D eigenvalue weighted by molar-refractivity contribution is 0.222. The van der Waals surface area contributed by atoms with E-state index < -0.39 is 18.2 Å². The van der Waals surface area contributed by atoms with Crippen LogP contribution in [0.15, 0.2) is 65.9 Å². The number of rotatable bonds is 6. The Balaban J connectivity index is 0.000000975. The third-order valence-electron chi connectivity index (χ3n) is 5.55. The molecule has 0 radical (unpaired) electrons. The van der Waals surface area contributed by atoms with E-state index in [2.05, 4.69) is 35.8 Å². The number of halogens is 2. The Morgan fingerprint density at radius 3 is 2.38 bits per heavy atom. The highest BCUT2D eigenvalue weighted by molar-refractivity contribution is 6.03. The molecule has 2 heterocycles. The number of hydrogen-bond donors (Lipinski definition) is 4. The van der Waals surface area contributed by atoms with Crippen molar-refractivity contribution in [3.8, 4) is 11.1 Å². The minimum atomic E-state index is -1.06. The average molecular weight is 545 g/mol. The van der Waals surface area contributed by atoms with Gasteiger partial charge in [-0.3, -0.25) is 5.01 Å². The standard InChI is InChI=1S/C21H26F2N8O.C5H10.C2H6/c1-13(22)18(23)12-31(26)20(29-25)17-10-15(11-27-19(17)24)14-5-4-6-16(9-14)28-21(32)30-7-2-3-8-30;1-4-5(2)3;1-2/h4-6,9-11H,2-3,7-8,12,25-26H2,1H3,(H2,24,27)(H,28,32);4-5H,1H2,2-3H3;1-2H3/b18-13-,29-20-;;. The number of anilines is 2. The van der Waals surface area contributed by atoms with Gasteiger partial charge in [0.2, 0.25) is 0 Å². The molecule has 0 unspecified atom stereocenters. The molecule has 214 valence electrons. The van der Waals surface area contributed by atoms with Crippen LogP contribution in [0.25, 0.3) is 11.1 Å². The van der Waals surface area contributed by atoms with Crippen molar-refractivity contribution >= 4 is 23.4 Å². The summed E-state index contributed by atoms with van der Waals surface area (Å²) >= 11 is 0. The predicted molar refractivity (Wildman–Crippen MR) is 157 cm³/mol. The van der Waals surface area contributed by atoms with Gasteiger partial charge in [0.25, 0.3) is 0 Å². The van der Waals surface area contributed by atoms with E-state index in [1.807, 2.05) is 26.0 Å². The summed E-state index contributed by atoms with van der Waals surface area (Å²) in [6, 6.07) is 8.69. The molecule has 1 aliphatic heterocycles. The van der Waals surface area contributed by atoms with Crippen LogP contribution < -0.4 is 22.7 Å². The number of aromatic nitrogens is 1. The summed E-state index contributed by atoms with van der Waals surface area (Å²) in [5.74, 6) is 9.89. The van der Waals surface area contributed by atoms with Crippen LogP contribution in [0.5, 0.6) is 0 Å². The van der Waals surface area contributed by atoms with E-state index in [-0.39, 0.29) is 23.2 Å². The molecule has 1 fully saturated rings. The molecule has 7 N–H and O–H groups in total. The zero-order chi connectivity index (χ0) is 29.5. The van der Waals surface area contributed by atoms with Crippen molar-refractivity contribution in [3.05, 3.63) is 66.4 Å². The van der Waals surface area contributed by atoms with Crippen LogP contribution in [0, 0.1) is 5.92 Å². The smallest absolute Gasteiger partial charge is 0.321 e. The first-order valence-corrected chi connectivity index (χ1v) is 12.9. The molecule has 0 saturated carbocycles. The summed E-state index contributed by atoms with van der Waals surface area (Å²) in [5.41, 5.74) is 8.22. The monoisotopic (exact) mass is 544 g/mol. The summed E-state index contributed by atoms with van der Waals surface area (Å²) in [4.78, 5) is 18.3. The van der Waals surface area contributed by atoms with Crippen LogP contribution in [0.3, 0.4) is 0 Å². The van der Waals surface area contributed by atoms with Crippen molar-refractivity contribution in [3.63, 3.8) is 0 Å².